The van der Waals surface area contributed by atoms with Crippen molar-refractivity contribution in [1.29, 1.82) is 0 Å². The average molecular weight is 304 g/mol. The van der Waals surface area contributed by atoms with Crippen molar-refractivity contribution >= 4 is 5.91 Å². The lowest BCUT2D eigenvalue weighted by molar-refractivity contribution is -0.137. The van der Waals surface area contributed by atoms with Gasteiger partial charge in [0.05, 0.1) is 12.0 Å². The number of rotatable bonds is 5. The fourth-order valence-corrected chi connectivity index (χ4v) is 3.29. The molecule has 1 amide bonds. The fourth-order valence-electron chi connectivity index (χ4n) is 3.29. The zero-order chi connectivity index (χ0) is 16.1. The fraction of sp³-hybridized carbons (Fsp3) is 0.611. The van der Waals surface area contributed by atoms with Gasteiger partial charge >= 0.3 is 0 Å². The summed E-state index contributed by atoms with van der Waals surface area (Å²) < 4.78 is 5.40. The van der Waals surface area contributed by atoms with Crippen LogP contribution in [-0.4, -0.2) is 37.1 Å². The number of methoxy groups -OCH3 is 1. The Kier molecular flexibility index (Phi) is 5.98. The van der Waals surface area contributed by atoms with E-state index in [0.717, 1.165) is 31.2 Å². The highest BCUT2D eigenvalue weighted by Crippen LogP contribution is 2.27. The zero-order valence-corrected chi connectivity index (χ0v) is 13.9. The summed E-state index contributed by atoms with van der Waals surface area (Å²) in [5.41, 5.74) is 7.30. The first kappa shape index (κ1) is 17.0. The van der Waals surface area contributed by atoms with Crippen LogP contribution in [0.4, 0.5) is 0 Å². The molecule has 1 aromatic carbocycles. The van der Waals surface area contributed by atoms with Crippen LogP contribution < -0.4 is 5.73 Å². The van der Waals surface area contributed by atoms with Crippen molar-refractivity contribution in [3.05, 3.63) is 35.9 Å². The number of carbonyl (C=O) groups is 1. The van der Waals surface area contributed by atoms with Crippen LogP contribution in [0.5, 0.6) is 0 Å². The molecule has 0 aromatic heterocycles. The monoisotopic (exact) mass is 304 g/mol. The average Bonchev–Trinajstić information content (AvgIpc) is 2.60. The Morgan fingerprint density at radius 2 is 1.82 bits per heavy atom. The van der Waals surface area contributed by atoms with Gasteiger partial charge in [-0.05, 0) is 31.2 Å². The minimum atomic E-state index is -0.258. The molecule has 4 heteroatoms. The Labute approximate surface area is 133 Å². The molecular formula is C18H28N2O2. The lowest BCUT2D eigenvalue weighted by Crippen LogP contribution is -2.44. The number of ether oxygens (including phenoxy) is 1. The molecule has 0 radical (unpaired) electrons. The molecular weight excluding hydrogens is 276 g/mol. The van der Waals surface area contributed by atoms with Crippen molar-refractivity contribution < 1.29 is 9.53 Å². The smallest absolute Gasteiger partial charge is 0.227 e. The third-order valence-electron chi connectivity index (χ3n) is 4.99. The highest BCUT2D eigenvalue weighted by molar-refractivity contribution is 5.79. The molecule has 1 aliphatic rings. The SMILES string of the molecule is COC1CCC(N(C)C(=O)[C@@H](C)[C@H](N)c2ccccc2)CC1. The van der Waals surface area contributed by atoms with E-state index in [9.17, 15) is 4.79 Å². The van der Waals surface area contributed by atoms with Crippen LogP contribution in [0.1, 0.15) is 44.2 Å². The van der Waals surface area contributed by atoms with Crippen LogP contribution in [0.3, 0.4) is 0 Å². The second-order valence-corrected chi connectivity index (χ2v) is 6.34. The van der Waals surface area contributed by atoms with Crippen LogP contribution in [0.25, 0.3) is 0 Å². The van der Waals surface area contributed by atoms with Crippen molar-refractivity contribution in [3.63, 3.8) is 0 Å². The van der Waals surface area contributed by atoms with E-state index in [-0.39, 0.29) is 17.9 Å². The van der Waals surface area contributed by atoms with E-state index in [1.807, 2.05) is 49.2 Å². The highest BCUT2D eigenvalue weighted by atomic mass is 16.5. The van der Waals surface area contributed by atoms with E-state index >= 15 is 0 Å². The molecule has 2 atom stereocenters. The number of nitrogens with two attached hydrogens (primary N) is 1. The van der Waals surface area contributed by atoms with Gasteiger partial charge in [0.2, 0.25) is 5.91 Å². The lowest BCUT2D eigenvalue weighted by atomic mass is 9.89. The summed E-state index contributed by atoms with van der Waals surface area (Å²) in [6.07, 6.45) is 4.42. The van der Waals surface area contributed by atoms with Gasteiger partial charge in [-0.1, -0.05) is 37.3 Å². The second-order valence-electron chi connectivity index (χ2n) is 6.34. The normalized spacial score (nSPS) is 24.5. The summed E-state index contributed by atoms with van der Waals surface area (Å²) in [6, 6.07) is 9.90. The third kappa shape index (κ3) is 3.87. The largest absolute Gasteiger partial charge is 0.381 e. The molecule has 0 saturated heterocycles. The first-order valence-corrected chi connectivity index (χ1v) is 8.14. The van der Waals surface area contributed by atoms with Crippen molar-refractivity contribution in [2.24, 2.45) is 11.7 Å². The van der Waals surface area contributed by atoms with E-state index in [1.165, 1.54) is 0 Å². The minimum absolute atomic E-state index is 0.136. The summed E-state index contributed by atoms with van der Waals surface area (Å²) >= 11 is 0. The molecule has 0 spiro atoms. The Hall–Kier alpha value is -1.39. The standard InChI is InChI=1S/C18H28N2O2/c1-13(17(19)14-7-5-4-6-8-14)18(21)20(2)15-9-11-16(22-3)12-10-15/h4-8,13,15-17H,9-12,19H2,1-3H3/t13-,15?,16?,17-/m0/s1. The molecule has 0 unspecified atom stereocenters. The summed E-state index contributed by atoms with van der Waals surface area (Å²) in [7, 11) is 3.68. The molecule has 0 heterocycles. The molecule has 1 aromatic rings. The summed E-state index contributed by atoms with van der Waals surface area (Å²) in [5.74, 6) is -0.0789. The van der Waals surface area contributed by atoms with Crippen LogP contribution in [0, 0.1) is 5.92 Å². The molecule has 1 saturated carbocycles. The van der Waals surface area contributed by atoms with Gasteiger partial charge in [-0.3, -0.25) is 4.79 Å². The van der Waals surface area contributed by atoms with Gasteiger partial charge < -0.3 is 15.4 Å². The highest BCUT2D eigenvalue weighted by Gasteiger charge is 2.31. The number of nitrogens with zero attached hydrogens (tertiary/aromatic N) is 1. The Morgan fingerprint density at radius 3 is 2.36 bits per heavy atom. The zero-order valence-electron chi connectivity index (χ0n) is 13.9. The molecule has 4 nitrogen and oxygen atoms in total. The Bertz CT molecular complexity index is 469. The van der Waals surface area contributed by atoms with E-state index in [0.29, 0.717) is 12.1 Å². The number of amides is 1. The summed E-state index contributed by atoms with van der Waals surface area (Å²) in [6.45, 7) is 1.93. The summed E-state index contributed by atoms with van der Waals surface area (Å²) in [5, 5.41) is 0. The Morgan fingerprint density at radius 1 is 1.23 bits per heavy atom. The van der Waals surface area contributed by atoms with E-state index < -0.39 is 0 Å². The van der Waals surface area contributed by atoms with Gasteiger partial charge in [-0.15, -0.1) is 0 Å². The maximum Gasteiger partial charge on any atom is 0.227 e. The van der Waals surface area contributed by atoms with Gasteiger partial charge in [0.15, 0.2) is 0 Å². The molecule has 2 N–H and O–H groups in total. The van der Waals surface area contributed by atoms with Crippen molar-refractivity contribution in [2.45, 2.75) is 50.8 Å². The number of carbonyl (C=O) groups excluding carboxylic acids is 1. The van der Waals surface area contributed by atoms with Crippen molar-refractivity contribution in [2.75, 3.05) is 14.2 Å². The molecule has 122 valence electrons. The van der Waals surface area contributed by atoms with Crippen molar-refractivity contribution in [3.8, 4) is 0 Å². The van der Waals surface area contributed by atoms with E-state index in [1.54, 1.807) is 7.11 Å². The minimum Gasteiger partial charge on any atom is -0.381 e. The van der Waals surface area contributed by atoms with E-state index in [2.05, 4.69) is 0 Å². The molecule has 22 heavy (non-hydrogen) atoms. The molecule has 0 aliphatic heterocycles. The van der Waals surface area contributed by atoms with Gasteiger partial charge in [-0.2, -0.15) is 0 Å². The van der Waals surface area contributed by atoms with Crippen molar-refractivity contribution in [1.82, 2.24) is 4.90 Å². The first-order chi connectivity index (χ1) is 10.5. The molecule has 0 bridgehead atoms. The predicted octanol–water partition coefficient (Wildman–Crippen LogP) is 2.74. The van der Waals surface area contributed by atoms with Gasteiger partial charge in [0.25, 0.3) is 0 Å². The predicted molar refractivity (Wildman–Crippen MR) is 88.4 cm³/mol. The maximum absolute atomic E-state index is 12.7. The van der Waals surface area contributed by atoms with Gasteiger partial charge in [0.1, 0.15) is 0 Å². The van der Waals surface area contributed by atoms with Crippen LogP contribution in [-0.2, 0) is 9.53 Å². The Balaban J connectivity index is 1.95. The lowest BCUT2D eigenvalue weighted by Gasteiger charge is -2.36. The second kappa shape index (κ2) is 7.75. The van der Waals surface area contributed by atoms with E-state index in [4.69, 9.17) is 10.5 Å². The topological polar surface area (TPSA) is 55.6 Å². The van der Waals surface area contributed by atoms with Crippen LogP contribution >= 0.6 is 0 Å². The number of hydrogen-bond acceptors (Lipinski definition) is 3. The van der Waals surface area contributed by atoms with Gasteiger partial charge in [0, 0.05) is 26.2 Å². The first-order valence-electron chi connectivity index (χ1n) is 8.14. The molecule has 1 fully saturated rings. The maximum atomic E-state index is 12.7. The quantitative estimate of drug-likeness (QED) is 0.910. The van der Waals surface area contributed by atoms with Crippen LogP contribution in [0.15, 0.2) is 30.3 Å². The summed E-state index contributed by atoms with van der Waals surface area (Å²) in [4.78, 5) is 14.6. The molecule has 1 aliphatic carbocycles. The third-order valence-corrected chi connectivity index (χ3v) is 4.99. The van der Waals surface area contributed by atoms with Gasteiger partial charge in [-0.25, -0.2) is 0 Å². The number of hydrogen-bond donors (Lipinski definition) is 1. The molecule has 2 rings (SSSR count). The number of benzene rings is 1. The van der Waals surface area contributed by atoms with Crippen LogP contribution in [0.2, 0.25) is 0 Å².